The van der Waals surface area contributed by atoms with Crippen LogP contribution in [-0.2, 0) is 4.79 Å². The Morgan fingerprint density at radius 3 is 1.75 bits per heavy atom. The maximum atomic E-state index is 10.1. The third-order valence-electron chi connectivity index (χ3n) is 2.71. The smallest absolute Gasteiger partial charge is 0.119 e. The first kappa shape index (κ1) is 15.2. The number of rotatable bonds is 12. The number of hydrogen-bond donors (Lipinski definition) is 0. The Balaban J connectivity index is 2.95. The van der Waals surface area contributed by atoms with Crippen LogP contribution in [0.4, 0.5) is 0 Å². The molecule has 1 nitrogen and oxygen atoms in total. The van der Waals surface area contributed by atoms with Crippen LogP contribution in [0.25, 0.3) is 0 Å². The molecule has 0 aliphatic heterocycles. The lowest BCUT2D eigenvalue weighted by Gasteiger charge is -2.00. The summed E-state index contributed by atoms with van der Waals surface area (Å²) in [7, 11) is 0. The summed E-state index contributed by atoms with van der Waals surface area (Å²) in [6.45, 7) is 3.64. The van der Waals surface area contributed by atoms with Crippen LogP contribution in [-0.4, -0.2) is 6.29 Å². The van der Waals surface area contributed by atoms with Gasteiger partial charge in [-0.2, -0.15) is 0 Å². The average Bonchev–Trinajstić information content (AvgIpc) is 2.31. The minimum atomic E-state index is 0.746. The van der Waals surface area contributed by atoms with E-state index in [4.69, 9.17) is 0 Å². The van der Waals surface area contributed by atoms with Crippen molar-refractivity contribution in [3.63, 3.8) is 0 Å². The molecule has 0 heterocycles. The largest absolute Gasteiger partial charge is 0.303 e. The van der Waals surface area contributed by atoms with E-state index >= 15 is 0 Å². The first-order valence-electron chi connectivity index (χ1n) is 6.63. The third kappa shape index (κ3) is 13.2. The van der Waals surface area contributed by atoms with Gasteiger partial charge < -0.3 is 4.79 Å². The highest BCUT2D eigenvalue weighted by Crippen LogP contribution is 2.10. The molecule has 0 bridgehead atoms. The molecule has 16 heavy (non-hydrogen) atoms. The lowest BCUT2D eigenvalue weighted by Crippen LogP contribution is -1.82. The molecule has 92 valence electrons. The molecule has 0 fully saturated rings. The summed E-state index contributed by atoms with van der Waals surface area (Å²) in [6, 6.07) is 0. The van der Waals surface area contributed by atoms with Crippen molar-refractivity contribution in [1.82, 2.24) is 0 Å². The molecule has 0 spiro atoms. The molecule has 0 amide bonds. The monoisotopic (exact) mass is 222 g/mol. The van der Waals surface area contributed by atoms with Crippen molar-refractivity contribution in [2.75, 3.05) is 0 Å². The molecule has 0 saturated carbocycles. The van der Waals surface area contributed by atoms with Crippen molar-refractivity contribution in [2.45, 2.75) is 64.2 Å². The molecular weight excluding hydrogens is 196 g/mol. The molecular formula is C15H26O. The van der Waals surface area contributed by atoms with Crippen LogP contribution in [0.3, 0.4) is 0 Å². The van der Waals surface area contributed by atoms with Gasteiger partial charge in [0.15, 0.2) is 0 Å². The SMILES string of the molecule is C=C/C=C\CCCCCCCCCCC=O. The summed E-state index contributed by atoms with van der Waals surface area (Å²) in [5.41, 5.74) is 0. The summed E-state index contributed by atoms with van der Waals surface area (Å²) in [5.74, 6) is 0. The Morgan fingerprint density at radius 1 is 0.750 bits per heavy atom. The molecule has 0 aromatic rings. The standard InChI is InChI=1S/C15H26O/c1-2-3-4-5-6-7-8-9-10-11-12-13-14-15-16/h2-4,15H,1,5-14H2/b4-3-. The molecule has 0 radical (unpaired) electrons. The highest BCUT2D eigenvalue weighted by molar-refractivity contribution is 5.48. The van der Waals surface area contributed by atoms with Crippen molar-refractivity contribution < 1.29 is 4.79 Å². The fourth-order valence-electron chi connectivity index (χ4n) is 1.74. The molecule has 0 saturated heterocycles. The average molecular weight is 222 g/mol. The van der Waals surface area contributed by atoms with E-state index in [-0.39, 0.29) is 0 Å². The maximum absolute atomic E-state index is 10.1. The third-order valence-corrected chi connectivity index (χ3v) is 2.71. The van der Waals surface area contributed by atoms with E-state index in [1.54, 1.807) is 0 Å². The molecule has 0 aliphatic rings. The molecule has 0 aliphatic carbocycles. The number of aldehydes is 1. The first-order valence-corrected chi connectivity index (χ1v) is 6.63. The van der Waals surface area contributed by atoms with Gasteiger partial charge in [0.1, 0.15) is 6.29 Å². The van der Waals surface area contributed by atoms with E-state index in [2.05, 4.69) is 12.7 Å². The van der Waals surface area contributed by atoms with Crippen molar-refractivity contribution in [3.8, 4) is 0 Å². The predicted molar refractivity (Wildman–Crippen MR) is 71.6 cm³/mol. The molecule has 0 rings (SSSR count). The van der Waals surface area contributed by atoms with Gasteiger partial charge in [-0.05, 0) is 19.3 Å². The molecule has 1 heteroatoms. The fraction of sp³-hybridized carbons (Fsp3) is 0.667. The zero-order valence-corrected chi connectivity index (χ0v) is 10.5. The molecule has 0 aromatic carbocycles. The Hall–Kier alpha value is -0.850. The molecule has 0 unspecified atom stereocenters. The van der Waals surface area contributed by atoms with Gasteiger partial charge in [-0.15, -0.1) is 0 Å². The molecule has 0 atom stereocenters. The van der Waals surface area contributed by atoms with Crippen molar-refractivity contribution in [2.24, 2.45) is 0 Å². The Morgan fingerprint density at radius 2 is 1.25 bits per heavy atom. The van der Waals surface area contributed by atoms with E-state index in [0.717, 1.165) is 19.1 Å². The number of carbonyl (C=O) groups excluding carboxylic acids is 1. The summed E-state index contributed by atoms with van der Waals surface area (Å²) >= 11 is 0. The Bertz CT molecular complexity index is 182. The maximum Gasteiger partial charge on any atom is 0.119 e. The van der Waals surface area contributed by atoms with Gasteiger partial charge in [0, 0.05) is 6.42 Å². The second-order valence-corrected chi connectivity index (χ2v) is 4.24. The van der Waals surface area contributed by atoms with Crippen LogP contribution in [0.5, 0.6) is 0 Å². The van der Waals surface area contributed by atoms with Crippen LogP contribution in [0, 0.1) is 0 Å². The zero-order valence-electron chi connectivity index (χ0n) is 10.5. The van der Waals surface area contributed by atoms with Gasteiger partial charge in [-0.1, -0.05) is 63.3 Å². The Kier molecular flexibility index (Phi) is 13.4. The topological polar surface area (TPSA) is 17.1 Å². The first-order chi connectivity index (χ1) is 7.91. The van der Waals surface area contributed by atoms with Crippen LogP contribution < -0.4 is 0 Å². The van der Waals surface area contributed by atoms with Gasteiger partial charge in [0.2, 0.25) is 0 Å². The van der Waals surface area contributed by atoms with Crippen LogP contribution >= 0.6 is 0 Å². The highest BCUT2D eigenvalue weighted by atomic mass is 16.1. The quantitative estimate of drug-likeness (QED) is 0.262. The predicted octanol–water partition coefficient (Wildman–Crippen LogP) is 4.83. The van der Waals surface area contributed by atoms with Gasteiger partial charge >= 0.3 is 0 Å². The lowest BCUT2D eigenvalue weighted by atomic mass is 10.1. The summed E-state index contributed by atoms with van der Waals surface area (Å²) in [4.78, 5) is 10.1. The van der Waals surface area contributed by atoms with Crippen LogP contribution in [0.15, 0.2) is 24.8 Å². The number of hydrogen-bond acceptors (Lipinski definition) is 1. The summed E-state index contributed by atoms with van der Waals surface area (Å²) in [6.07, 6.45) is 19.3. The van der Waals surface area contributed by atoms with Crippen LogP contribution in [0.2, 0.25) is 0 Å². The van der Waals surface area contributed by atoms with E-state index in [0.29, 0.717) is 0 Å². The second-order valence-electron chi connectivity index (χ2n) is 4.24. The van der Waals surface area contributed by atoms with E-state index in [9.17, 15) is 4.79 Å². The zero-order chi connectivity index (χ0) is 11.9. The van der Waals surface area contributed by atoms with Crippen LogP contribution in [0.1, 0.15) is 64.2 Å². The van der Waals surface area contributed by atoms with Gasteiger partial charge in [0.25, 0.3) is 0 Å². The molecule has 0 N–H and O–H groups in total. The minimum absolute atomic E-state index is 0.746. The van der Waals surface area contributed by atoms with Gasteiger partial charge in [-0.25, -0.2) is 0 Å². The summed E-state index contributed by atoms with van der Waals surface area (Å²) < 4.78 is 0. The van der Waals surface area contributed by atoms with E-state index < -0.39 is 0 Å². The minimum Gasteiger partial charge on any atom is -0.303 e. The number of carbonyl (C=O) groups is 1. The van der Waals surface area contributed by atoms with Crippen molar-refractivity contribution >= 4 is 6.29 Å². The second kappa shape index (κ2) is 14.2. The number of unbranched alkanes of at least 4 members (excludes halogenated alkanes) is 9. The Labute approximate surface area is 101 Å². The molecule has 0 aromatic heterocycles. The van der Waals surface area contributed by atoms with Crippen molar-refractivity contribution in [1.29, 1.82) is 0 Å². The summed E-state index contributed by atoms with van der Waals surface area (Å²) in [5, 5.41) is 0. The lowest BCUT2D eigenvalue weighted by molar-refractivity contribution is -0.107. The van der Waals surface area contributed by atoms with Crippen molar-refractivity contribution in [3.05, 3.63) is 24.8 Å². The van der Waals surface area contributed by atoms with Gasteiger partial charge in [-0.3, -0.25) is 0 Å². The van der Waals surface area contributed by atoms with Gasteiger partial charge in [0.05, 0.1) is 0 Å². The number of allylic oxidation sites excluding steroid dienone is 3. The van der Waals surface area contributed by atoms with E-state index in [1.165, 1.54) is 51.4 Å². The van der Waals surface area contributed by atoms with E-state index in [1.807, 2.05) is 12.2 Å². The normalized spacial score (nSPS) is 10.8. The fourth-order valence-corrected chi connectivity index (χ4v) is 1.74. The highest BCUT2D eigenvalue weighted by Gasteiger charge is 1.91.